The van der Waals surface area contributed by atoms with Crippen molar-refractivity contribution in [2.45, 2.75) is 52.1 Å². The van der Waals surface area contributed by atoms with Gasteiger partial charge in [-0.25, -0.2) is 4.79 Å². The number of carboxylic acids is 1. The van der Waals surface area contributed by atoms with Gasteiger partial charge in [-0.1, -0.05) is 6.92 Å². The summed E-state index contributed by atoms with van der Waals surface area (Å²) in [5.41, 5.74) is 4.29. The Morgan fingerprint density at radius 1 is 1.37 bits per heavy atom. The Balaban J connectivity index is 4.81. The van der Waals surface area contributed by atoms with Gasteiger partial charge in [0.2, 0.25) is 5.91 Å². The van der Waals surface area contributed by atoms with E-state index in [1.54, 1.807) is 20.8 Å². The molecular formula is C12H23N3O4. The molecule has 0 heterocycles. The van der Waals surface area contributed by atoms with Crippen LogP contribution in [0.5, 0.6) is 0 Å². The minimum Gasteiger partial charge on any atom is -0.480 e. The van der Waals surface area contributed by atoms with Crippen LogP contribution >= 0.6 is 0 Å². The molecule has 4 N–H and O–H groups in total. The maximum atomic E-state index is 12.1. The molecule has 1 unspecified atom stereocenters. The van der Waals surface area contributed by atoms with E-state index in [1.807, 2.05) is 6.92 Å². The third kappa shape index (κ3) is 6.64. The number of hydrogen-bond donors (Lipinski definition) is 3. The molecular weight excluding hydrogens is 250 g/mol. The van der Waals surface area contributed by atoms with E-state index in [0.717, 1.165) is 0 Å². The average molecular weight is 273 g/mol. The molecule has 0 rings (SSSR count). The number of urea groups is 1. The average Bonchev–Trinajstić information content (AvgIpc) is 2.21. The summed E-state index contributed by atoms with van der Waals surface area (Å²) in [6, 6.07) is -0.719. The minimum atomic E-state index is -1.08. The monoisotopic (exact) mass is 273 g/mol. The van der Waals surface area contributed by atoms with E-state index >= 15 is 0 Å². The quantitative estimate of drug-likeness (QED) is 0.628. The summed E-state index contributed by atoms with van der Waals surface area (Å²) in [6.45, 7) is 6.56. The van der Waals surface area contributed by atoms with Crippen LogP contribution in [-0.2, 0) is 9.59 Å². The highest BCUT2D eigenvalue weighted by Crippen LogP contribution is 2.11. The molecule has 0 aliphatic carbocycles. The lowest BCUT2D eigenvalue weighted by atomic mass is 10.0. The second-order valence-corrected chi connectivity index (χ2v) is 5.24. The standard InChI is InChI=1S/C12H23N3O4/c1-5-8(2)15(7-10(17)18)11(19)14-12(3,4)6-9(13)16/h8H,5-7H2,1-4H3,(H2,13,16)(H,14,19)(H,17,18). The predicted octanol–water partition coefficient (Wildman–Crippen LogP) is 0.535. The smallest absolute Gasteiger partial charge is 0.323 e. The van der Waals surface area contributed by atoms with Crippen LogP contribution in [0.25, 0.3) is 0 Å². The summed E-state index contributed by atoms with van der Waals surface area (Å²) in [4.78, 5) is 35.0. The van der Waals surface area contributed by atoms with Gasteiger partial charge in [0.25, 0.3) is 0 Å². The van der Waals surface area contributed by atoms with Gasteiger partial charge >= 0.3 is 12.0 Å². The zero-order chi connectivity index (χ0) is 15.2. The number of nitrogens with two attached hydrogens (primary N) is 1. The van der Waals surface area contributed by atoms with Gasteiger partial charge in [0.1, 0.15) is 6.54 Å². The molecule has 3 amide bonds. The van der Waals surface area contributed by atoms with Crippen LogP contribution in [0.3, 0.4) is 0 Å². The van der Waals surface area contributed by atoms with Gasteiger partial charge in [-0.2, -0.15) is 0 Å². The Morgan fingerprint density at radius 3 is 2.26 bits per heavy atom. The van der Waals surface area contributed by atoms with Gasteiger partial charge in [0.15, 0.2) is 0 Å². The Labute approximate surface area is 113 Å². The van der Waals surface area contributed by atoms with Crippen LogP contribution < -0.4 is 11.1 Å². The number of nitrogens with zero attached hydrogens (tertiary/aromatic N) is 1. The minimum absolute atomic E-state index is 0.0137. The topological polar surface area (TPSA) is 113 Å². The van der Waals surface area contributed by atoms with Crippen molar-refractivity contribution in [3.8, 4) is 0 Å². The first kappa shape index (κ1) is 17.2. The third-order valence-electron chi connectivity index (χ3n) is 2.75. The highest BCUT2D eigenvalue weighted by Gasteiger charge is 2.28. The molecule has 7 nitrogen and oxygen atoms in total. The molecule has 0 bridgehead atoms. The number of nitrogens with one attached hydrogen (secondary N) is 1. The Morgan fingerprint density at radius 2 is 1.89 bits per heavy atom. The highest BCUT2D eigenvalue weighted by molar-refractivity contribution is 5.82. The van der Waals surface area contributed by atoms with Crippen molar-refractivity contribution in [1.29, 1.82) is 0 Å². The van der Waals surface area contributed by atoms with E-state index in [0.29, 0.717) is 6.42 Å². The van der Waals surface area contributed by atoms with E-state index < -0.39 is 23.4 Å². The van der Waals surface area contributed by atoms with E-state index in [9.17, 15) is 14.4 Å². The molecule has 110 valence electrons. The summed E-state index contributed by atoms with van der Waals surface area (Å²) in [5, 5.41) is 11.5. The summed E-state index contributed by atoms with van der Waals surface area (Å²) in [6.07, 6.45) is 0.622. The van der Waals surface area contributed by atoms with E-state index in [1.165, 1.54) is 4.90 Å². The number of aliphatic carboxylic acids is 1. The van der Waals surface area contributed by atoms with Gasteiger partial charge in [0, 0.05) is 18.0 Å². The second kappa shape index (κ2) is 6.96. The summed E-state index contributed by atoms with van der Waals surface area (Å²) < 4.78 is 0. The molecule has 0 saturated carbocycles. The normalized spacial score (nSPS) is 12.6. The number of amides is 3. The molecule has 0 aliphatic rings. The lowest BCUT2D eigenvalue weighted by molar-refractivity contribution is -0.138. The number of carboxylic acid groups (broad SMARTS) is 1. The van der Waals surface area contributed by atoms with Crippen LogP contribution in [0.1, 0.15) is 40.5 Å². The first-order chi connectivity index (χ1) is 8.59. The molecule has 0 spiro atoms. The molecule has 0 radical (unpaired) electrons. The van der Waals surface area contributed by atoms with Crippen molar-refractivity contribution < 1.29 is 19.5 Å². The molecule has 0 aliphatic heterocycles. The Kier molecular flexibility index (Phi) is 6.31. The first-order valence-electron chi connectivity index (χ1n) is 6.18. The zero-order valence-corrected chi connectivity index (χ0v) is 11.9. The summed E-state index contributed by atoms with van der Waals surface area (Å²) >= 11 is 0. The summed E-state index contributed by atoms with van der Waals surface area (Å²) in [5.74, 6) is -1.61. The van der Waals surface area contributed by atoms with Crippen LogP contribution in [0.2, 0.25) is 0 Å². The SMILES string of the molecule is CCC(C)N(CC(=O)O)C(=O)NC(C)(C)CC(N)=O. The van der Waals surface area contributed by atoms with Crippen molar-refractivity contribution in [1.82, 2.24) is 10.2 Å². The largest absolute Gasteiger partial charge is 0.480 e. The Bertz CT molecular complexity index is 355. The number of carbonyl (C=O) groups excluding carboxylic acids is 2. The van der Waals surface area contributed by atoms with Crippen LogP contribution in [-0.4, -0.2) is 46.0 Å². The van der Waals surface area contributed by atoms with Gasteiger partial charge in [-0.05, 0) is 27.2 Å². The van der Waals surface area contributed by atoms with Crippen molar-refractivity contribution in [2.24, 2.45) is 5.73 Å². The lowest BCUT2D eigenvalue weighted by Gasteiger charge is -2.32. The Hall–Kier alpha value is -1.79. The molecule has 0 aromatic carbocycles. The van der Waals surface area contributed by atoms with Gasteiger partial charge in [-0.15, -0.1) is 0 Å². The number of rotatable bonds is 7. The maximum Gasteiger partial charge on any atom is 0.323 e. The number of carbonyl (C=O) groups is 3. The van der Waals surface area contributed by atoms with Crippen LogP contribution in [0.15, 0.2) is 0 Å². The molecule has 1 atom stereocenters. The first-order valence-corrected chi connectivity index (χ1v) is 6.18. The van der Waals surface area contributed by atoms with Gasteiger partial charge in [-0.3, -0.25) is 9.59 Å². The lowest BCUT2D eigenvalue weighted by Crippen LogP contribution is -2.54. The molecule has 7 heteroatoms. The highest BCUT2D eigenvalue weighted by atomic mass is 16.4. The van der Waals surface area contributed by atoms with Crippen molar-refractivity contribution >= 4 is 17.9 Å². The fraction of sp³-hybridized carbons (Fsp3) is 0.750. The molecule has 0 aromatic heterocycles. The maximum absolute atomic E-state index is 12.1. The molecule has 0 fully saturated rings. The second-order valence-electron chi connectivity index (χ2n) is 5.24. The molecule has 0 saturated heterocycles. The van der Waals surface area contributed by atoms with Crippen LogP contribution in [0.4, 0.5) is 4.79 Å². The van der Waals surface area contributed by atoms with E-state index in [-0.39, 0.29) is 19.0 Å². The molecule has 0 aromatic rings. The fourth-order valence-corrected chi connectivity index (χ4v) is 1.63. The zero-order valence-electron chi connectivity index (χ0n) is 11.9. The molecule has 19 heavy (non-hydrogen) atoms. The third-order valence-corrected chi connectivity index (χ3v) is 2.75. The van der Waals surface area contributed by atoms with Crippen molar-refractivity contribution in [2.75, 3.05) is 6.54 Å². The van der Waals surface area contributed by atoms with E-state index in [2.05, 4.69) is 5.32 Å². The van der Waals surface area contributed by atoms with E-state index in [4.69, 9.17) is 10.8 Å². The fourth-order valence-electron chi connectivity index (χ4n) is 1.63. The number of primary amides is 1. The van der Waals surface area contributed by atoms with Crippen molar-refractivity contribution in [3.63, 3.8) is 0 Å². The van der Waals surface area contributed by atoms with Gasteiger partial charge in [0.05, 0.1) is 0 Å². The van der Waals surface area contributed by atoms with Crippen molar-refractivity contribution in [3.05, 3.63) is 0 Å². The summed E-state index contributed by atoms with van der Waals surface area (Å²) in [7, 11) is 0. The van der Waals surface area contributed by atoms with Gasteiger partial charge < -0.3 is 21.1 Å². The van der Waals surface area contributed by atoms with Crippen LogP contribution in [0, 0.1) is 0 Å². The predicted molar refractivity (Wildman–Crippen MR) is 70.5 cm³/mol. The number of hydrogen-bond acceptors (Lipinski definition) is 3.